The Balaban J connectivity index is 2.04. The van der Waals surface area contributed by atoms with Crippen LogP contribution in [0.2, 0.25) is 0 Å². The van der Waals surface area contributed by atoms with E-state index in [0.717, 1.165) is 23.8 Å². The number of hydrogen-bond donors (Lipinski definition) is 0. The summed E-state index contributed by atoms with van der Waals surface area (Å²) < 4.78 is 1.44. The quantitative estimate of drug-likeness (QED) is 0.852. The number of fused-ring (bicyclic) bond motifs is 1. The molecule has 1 aliphatic heterocycles. The normalized spacial score (nSPS) is 23.4. The van der Waals surface area contributed by atoms with Crippen LogP contribution in [0.5, 0.6) is 0 Å². The Morgan fingerprint density at radius 3 is 2.95 bits per heavy atom. The molecule has 0 spiro atoms. The zero-order valence-corrected chi connectivity index (χ0v) is 13.0. The molecule has 1 fully saturated rings. The fraction of sp³-hybridized carbons (Fsp3) is 0.643. The molecule has 6 heteroatoms. The second-order valence-electron chi connectivity index (χ2n) is 5.70. The molecule has 3 rings (SSSR count). The van der Waals surface area contributed by atoms with Gasteiger partial charge in [-0.3, -0.25) is 4.79 Å². The molecule has 2 aromatic rings. The number of aromatic nitrogens is 3. The average Bonchev–Trinajstić information content (AvgIpc) is 2.85. The van der Waals surface area contributed by atoms with Gasteiger partial charge in [0.05, 0.1) is 0 Å². The fourth-order valence-electron chi connectivity index (χ4n) is 2.70. The molecule has 2 atom stereocenters. The number of aryl methyl sites for hydroxylation is 1. The molecule has 0 amide bonds. The topological polar surface area (TPSA) is 50.5 Å². The lowest BCUT2D eigenvalue weighted by Gasteiger charge is -2.36. The first-order valence-electron chi connectivity index (χ1n) is 7.25. The second kappa shape index (κ2) is 5.16. The van der Waals surface area contributed by atoms with Crippen molar-refractivity contribution in [1.82, 2.24) is 14.6 Å². The van der Waals surface area contributed by atoms with Crippen LogP contribution in [0.15, 0.2) is 10.9 Å². The third-order valence-electron chi connectivity index (χ3n) is 4.01. The maximum atomic E-state index is 12.0. The van der Waals surface area contributed by atoms with Gasteiger partial charge in [-0.2, -0.15) is 4.52 Å². The van der Waals surface area contributed by atoms with Gasteiger partial charge in [0.15, 0.2) is 0 Å². The SMILES string of the molecule is CCc1cc(=O)n2nc(N3CC(C)CCC3C)sc2n1. The van der Waals surface area contributed by atoms with Crippen LogP contribution in [0.25, 0.3) is 4.96 Å². The number of nitrogens with zero attached hydrogens (tertiary/aromatic N) is 4. The van der Waals surface area contributed by atoms with Gasteiger partial charge in [0.25, 0.3) is 5.56 Å². The molecule has 1 saturated heterocycles. The highest BCUT2D eigenvalue weighted by molar-refractivity contribution is 7.20. The maximum Gasteiger partial charge on any atom is 0.275 e. The molecule has 20 heavy (non-hydrogen) atoms. The lowest BCUT2D eigenvalue weighted by atomic mass is 9.96. The summed E-state index contributed by atoms with van der Waals surface area (Å²) in [5.41, 5.74) is 0.761. The van der Waals surface area contributed by atoms with E-state index in [-0.39, 0.29) is 5.56 Å². The minimum absolute atomic E-state index is 0.0768. The van der Waals surface area contributed by atoms with E-state index in [1.165, 1.54) is 28.7 Å². The lowest BCUT2D eigenvalue weighted by molar-refractivity contribution is 0.389. The van der Waals surface area contributed by atoms with Crippen LogP contribution in [0, 0.1) is 5.92 Å². The third-order valence-corrected chi connectivity index (χ3v) is 4.96. The first-order valence-corrected chi connectivity index (χ1v) is 8.06. The minimum atomic E-state index is -0.0768. The van der Waals surface area contributed by atoms with E-state index in [9.17, 15) is 4.79 Å². The average molecular weight is 292 g/mol. The van der Waals surface area contributed by atoms with Gasteiger partial charge < -0.3 is 4.90 Å². The molecule has 0 N–H and O–H groups in total. The molecule has 0 saturated carbocycles. The lowest BCUT2D eigenvalue weighted by Crippen LogP contribution is -2.41. The Morgan fingerprint density at radius 2 is 2.20 bits per heavy atom. The molecule has 108 valence electrons. The molecule has 2 aromatic heterocycles. The first kappa shape index (κ1) is 13.5. The molecular formula is C14H20N4OS. The molecule has 0 aromatic carbocycles. The molecule has 0 aliphatic carbocycles. The molecule has 3 heterocycles. The van der Waals surface area contributed by atoms with Crippen molar-refractivity contribution in [3.05, 3.63) is 22.1 Å². The van der Waals surface area contributed by atoms with Gasteiger partial charge in [0, 0.05) is 24.3 Å². The fourth-order valence-corrected chi connectivity index (χ4v) is 3.74. The maximum absolute atomic E-state index is 12.0. The van der Waals surface area contributed by atoms with Crippen molar-refractivity contribution in [2.75, 3.05) is 11.4 Å². The Bertz CT molecular complexity index is 677. The predicted octanol–water partition coefficient (Wildman–Crippen LogP) is 2.34. The molecule has 0 radical (unpaired) electrons. The summed E-state index contributed by atoms with van der Waals surface area (Å²) >= 11 is 1.52. The van der Waals surface area contributed by atoms with Gasteiger partial charge in [-0.05, 0) is 32.1 Å². The standard InChI is InChI=1S/C14H20N4OS/c1-4-11-7-12(19)18-13(15-11)20-14(16-18)17-8-9(2)5-6-10(17)3/h7,9-10H,4-6,8H2,1-3H3. The Morgan fingerprint density at radius 1 is 1.40 bits per heavy atom. The molecule has 5 nitrogen and oxygen atoms in total. The Labute approximate surface area is 122 Å². The summed E-state index contributed by atoms with van der Waals surface area (Å²) in [5, 5.41) is 5.40. The van der Waals surface area contributed by atoms with Gasteiger partial charge in [-0.25, -0.2) is 4.98 Å². The highest BCUT2D eigenvalue weighted by atomic mass is 32.1. The smallest absolute Gasteiger partial charge is 0.275 e. The molecule has 2 unspecified atom stereocenters. The van der Waals surface area contributed by atoms with Gasteiger partial charge in [-0.1, -0.05) is 25.2 Å². The van der Waals surface area contributed by atoms with E-state index >= 15 is 0 Å². The Hall–Kier alpha value is -1.43. The summed E-state index contributed by atoms with van der Waals surface area (Å²) in [5.74, 6) is 0.675. The van der Waals surface area contributed by atoms with Crippen LogP contribution in [0.3, 0.4) is 0 Å². The minimum Gasteiger partial charge on any atom is -0.344 e. The zero-order valence-electron chi connectivity index (χ0n) is 12.2. The van der Waals surface area contributed by atoms with Crippen molar-refractivity contribution in [2.45, 2.75) is 46.1 Å². The monoisotopic (exact) mass is 292 g/mol. The zero-order chi connectivity index (χ0) is 14.3. The summed E-state index contributed by atoms with van der Waals surface area (Å²) in [6.07, 6.45) is 3.22. The van der Waals surface area contributed by atoms with E-state index < -0.39 is 0 Å². The van der Waals surface area contributed by atoms with Crippen LogP contribution in [0.4, 0.5) is 5.13 Å². The van der Waals surface area contributed by atoms with Crippen LogP contribution in [-0.2, 0) is 6.42 Å². The Kier molecular flexibility index (Phi) is 3.50. The van der Waals surface area contributed by atoms with E-state index in [4.69, 9.17) is 0 Å². The van der Waals surface area contributed by atoms with E-state index in [2.05, 4.69) is 28.8 Å². The van der Waals surface area contributed by atoms with Crippen molar-refractivity contribution >= 4 is 21.4 Å². The summed E-state index contributed by atoms with van der Waals surface area (Å²) in [6, 6.07) is 2.06. The van der Waals surface area contributed by atoms with E-state index in [1.807, 2.05) is 6.92 Å². The molecule has 1 aliphatic rings. The van der Waals surface area contributed by atoms with Crippen molar-refractivity contribution in [3.8, 4) is 0 Å². The van der Waals surface area contributed by atoms with Crippen molar-refractivity contribution < 1.29 is 0 Å². The largest absolute Gasteiger partial charge is 0.344 e. The van der Waals surface area contributed by atoms with Crippen LogP contribution < -0.4 is 10.5 Å². The van der Waals surface area contributed by atoms with Crippen molar-refractivity contribution in [2.24, 2.45) is 5.92 Å². The van der Waals surface area contributed by atoms with Crippen molar-refractivity contribution in [3.63, 3.8) is 0 Å². The van der Waals surface area contributed by atoms with E-state index in [1.54, 1.807) is 6.07 Å². The van der Waals surface area contributed by atoms with Gasteiger partial charge in [-0.15, -0.1) is 5.10 Å². The molecule has 0 bridgehead atoms. The number of hydrogen-bond acceptors (Lipinski definition) is 5. The third kappa shape index (κ3) is 2.32. The van der Waals surface area contributed by atoms with Gasteiger partial charge in [0.2, 0.25) is 10.1 Å². The number of rotatable bonds is 2. The second-order valence-corrected chi connectivity index (χ2v) is 6.64. The van der Waals surface area contributed by atoms with Crippen molar-refractivity contribution in [1.29, 1.82) is 0 Å². The highest BCUT2D eigenvalue weighted by Gasteiger charge is 2.26. The highest BCUT2D eigenvalue weighted by Crippen LogP contribution is 2.30. The van der Waals surface area contributed by atoms with Gasteiger partial charge >= 0.3 is 0 Å². The van der Waals surface area contributed by atoms with Gasteiger partial charge in [0.1, 0.15) is 0 Å². The van der Waals surface area contributed by atoms with E-state index in [0.29, 0.717) is 16.9 Å². The first-order chi connectivity index (χ1) is 9.58. The van der Waals surface area contributed by atoms with Crippen LogP contribution in [-0.4, -0.2) is 27.2 Å². The van der Waals surface area contributed by atoms with Crippen LogP contribution in [0.1, 0.15) is 39.3 Å². The van der Waals surface area contributed by atoms with Crippen LogP contribution >= 0.6 is 11.3 Å². The summed E-state index contributed by atoms with van der Waals surface area (Å²) in [7, 11) is 0. The predicted molar refractivity (Wildman–Crippen MR) is 81.7 cm³/mol. The number of anilines is 1. The summed E-state index contributed by atoms with van der Waals surface area (Å²) in [6.45, 7) is 7.52. The summed E-state index contributed by atoms with van der Waals surface area (Å²) in [4.78, 5) is 19.6. The molecular weight excluding hydrogens is 272 g/mol. The number of piperidine rings is 1.